The van der Waals surface area contributed by atoms with E-state index >= 15 is 0 Å². The van der Waals surface area contributed by atoms with Gasteiger partial charge in [0.15, 0.2) is 0 Å². The summed E-state index contributed by atoms with van der Waals surface area (Å²) in [6.45, 7) is 4.47. The summed E-state index contributed by atoms with van der Waals surface area (Å²) in [5, 5.41) is 10.5. The molecular weight excluding hydrogens is 212 g/mol. The molecule has 2 rings (SSSR count). The Morgan fingerprint density at radius 3 is 2.76 bits per heavy atom. The highest BCUT2D eigenvalue weighted by molar-refractivity contribution is 5.21. The van der Waals surface area contributed by atoms with Crippen LogP contribution in [0.1, 0.15) is 25.3 Å². The number of benzene rings is 1. The SMILES string of the molecule is CC(O)(CN1CCC[C@@H](N)C1)c1ccccc1. The van der Waals surface area contributed by atoms with Crippen molar-refractivity contribution in [1.82, 2.24) is 4.90 Å². The number of β-amino-alcohol motifs (C(OH)–C–C–N with tert-alkyl or cyclic N) is 1. The molecule has 1 aliphatic rings. The van der Waals surface area contributed by atoms with E-state index in [0.717, 1.165) is 31.5 Å². The third-order valence-electron chi connectivity index (χ3n) is 3.47. The lowest BCUT2D eigenvalue weighted by atomic mass is 9.94. The van der Waals surface area contributed by atoms with Gasteiger partial charge in [-0.25, -0.2) is 0 Å². The van der Waals surface area contributed by atoms with E-state index in [4.69, 9.17) is 5.73 Å². The second-order valence-corrected chi connectivity index (χ2v) is 5.28. The highest BCUT2D eigenvalue weighted by Crippen LogP contribution is 2.23. The Kier molecular flexibility index (Phi) is 3.82. The third-order valence-corrected chi connectivity index (χ3v) is 3.47. The first-order chi connectivity index (χ1) is 8.08. The second-order valence-electron chi connectivity index (χ2n) is 5.28. The molecule has 1 aromatic rings. The molecule has 1 unspecified atom stereocenters. The van der Waals surface area contributed by atoms with E-state index in [1.165, 1.54) is 0 Å². The normalized spacial score (nSPS) is 25.5. The molecule has 0 saturated carbocycles. The first-order valence-electron chi connectivity index (χ1n) is 6.34. The maximum Gasteiger partial charge on any atom is 0.0994 e. The predicted octanol–water partition coefficient (Wildman–Crippen LogP) is 1.32. The van der Waals surface area contributed by atoms with Crippen molar-refractivity contribution < 1.29 is 5.11 Å². The summed E-state index contributed by atoms with van der Waals surface area (Å²) in [5.41, 5.74) is 6.14. The van der Waals surface area contributed by atoms with E-state index in [1.807, 2.05) is 37.3 Å². The van der Waals surface area contributed by atoms with Crippen molar-refractivity contribution in [2.24, 2.45) is 5.73 Å². The molecule has 0 aromatic heterocycles. The molecule has 3 N–H and O–H groups in total. The van der Waals surface area contributed by atoms with Gasteiger partial charge >= 0.3 is 0 Å². The fourth-order valence-electron chi connectivity index (χ4n) is 2.56. The number of piperidine rings is 1. The van der Waals surface area contributed by atoms with Gasteiger partial charge in [-0.15, -0.1) is 0 Å². The summed E-state index contributed by atoms with van der Waals surface area (Å²) in [5.74, 6) is 0. The molecule has 1 heterocycles. The fraction of sp³-hybridized carbons (Fsp3) is 0.571. The van der Waals surface area contributed by atoms with Gasteiger partial charge < -0.3 is 10.8 Å². The van der Waals surface area contributed by atoms with Crippen molar-refractivity contribution in [2.45, 2.75) is 31.4 Å². The molecule has 3 heteroatoms. The Hall–Kier alpha value is -0.900. The number of aliphatic hydroxyl groups is 1. The van der Waals surface area contributed by atoms with Crippen LogP contribution in [-0.4, -0.2) is 35.7 Å². The molecule has 1 aromatic carbocycles. The largest absolute Gasteiger partial charge is 0.384 e. The van der Waals surface area contributed by atoms with Crippen LogP contribution in [0.2, 0.25) is 0 Å². The first kappa shape index (κ1) is 12.6. The van der Waals surface area contributed by atoms with E-state index < -0.39 is 5.60 Å². The Morgan fingerprint density at radius 2 is 2.12 bits per heavy atom. The van der Waals surface area contributed by atoms with Crippen LogP contribution < -0.4 is 5.73 Å². The van der Waals surface area contributed by atoms with Crippen molar-refractivity contribution in [3.05, 3.63) is 35.9 Å². The lowest BCUT2D eigenvalue weighted by Crippen LogP contribution is -2.48. The molecule has 1 fully saturated rings. The quantitative estimate of drug-likeness (QED) is 0.829. The standard InChI is InChI=1S/C14H22N2O/c1-14(17,12-6-3-2-4-7-12)11-16-9-5-8-13(15)10-16/h2-4,6-7,13,17H,5,8-11,15H2,1H3/t13-,14?/m1/s1. The van der Waals surface area contributed by atoms with Crippen molar-refractivity contribution in [3.8, 4) is 0 Å². The molecule has 1 saturated heterocycles. The predicted molar refractivity (Wildman–Crippen MR) is 69.7 cm³/mol. The number of nitrogens with two attached hydrogens (primary N) is 1. The zero-order valence-electron chi connectivity index (χ0n) is 10.5. The topological polar surface area (TPSA) is 49.5 Å². The van der Waals surface area contributed by atoms with Crippen LogP contribution in [0, 0.1) is 0 Å². The van der Waals surface area contributed by atoms with Crippen molar-refractivity contribution >= 4 is 0 Å². The summed E-state index contributed by atoms with van der Waals surface area (Å²) in [4.78, 5) is 2.27. The van der Waals surface area contributed by atoms with Gasteiger partial charge in [0.05, 0.1) is 5.60 Å². The summed E-state index contributed by atoms with van der Waals surface area (Å²) >= 11 is 0. The first-order valence-corrected chi connectivity index (χ1v) is 6.34. The van der Waals surface area contributed by atoms with Gasteiger partial charge in [-0.1, -0.05) is 30.3 Å². The molecule has 1 aliphatic heterocycles. The van der Waals surface area contributed by atoms with E-state index in [1.54, 1.807) is 0 Å². The van der Waals surface area contributed by atoms with Crippen LogP contribution in [0.15, 0.2) is 30.3 Å². The lowest BCUT2D eigenvalue weighted by Gasteiger charge is -2.36. The summed E-state index contributed by atoms with van der Waals surface area (Å²) < 4.78 is 0. The summed E-state index contributed by atoms with van der Waals surface area (Å²) in [6.07, 6.45) is 2.23. The Labute approximate surface area is 103 Å². The summed E-state index contributed by atoms with van der Waals surface area (Å²) in [6, 6.07) is 10.1. The highest BCUT2D eigenvalue weighted by atomic mass is 16.3. The minimum Gasteiger partial charge on any atom is -0.384 e. The highest BCUT2D eigenvalue weighted by Gasteiger charge is 2.28. The number of hydrogen-bond acceptors (Lipinski definition) is 3. The maximum atomic E-state index is 10.5. The zero-order valence-corrected chi connectivity index (χ0v) is 10.5. The zero-order chi connectivity index (χ0) is 12.3. The van der Waals surface area contributed by atoms with Crippen molar-refractivity contribution in [1.29, 1.82) is 0 Å². The van der Waals surface area contributed by atoms with Gasteiger partial charge in [-0.2, -0.15) is 0 Å². The van der Waals surface area contributed by atoms with Crippen LogP contribution in [0.25, 0.3) is 0 Å². The molecule has 3 nitrogen and oxygen atoms in total. The molecule has 0 spiro atoms. The second kappa shape index (κ2) is 5.17. The Balaban J connectivity index is 2.01. The minimum absolute atomic E-state index is 0.260. The van der Waals surface area contributed by atoms with E-state index in [2.05, 4.69) is 4.90 Å². The molecular formula is C14H22N2O. The van der Waals surface area contributed by atoms with Crippen LogP contribution in [0.5, 0.6) is 0 Å². The van der Waals surface area contributed by atoms with Gasteiger partial charge in [0.25, 0.3) is 0 Å². The Morgan fingerprint density at radius 1 is 1.41 bits per heavy atom. The average Bonchev–Trinajstić information content (AvgIpc) is 2.29. The number of rotatable bonds is 3. The number of nitrogens with zero attached hydrogens (tertiary/aromatic N) is 1. The fourth-order valence-corrected chi connectivity index (χ4v) is 2.56. The molecule has 0 amide bonds. The minimum atomic E-state index is -0.793. The van der Waals surface area contributed by atoms with E-state index in [-0.39, 0.29) is 6.04 Å². The third kappa shape index (κ3) is 3.28. The van der Waals surface area contributed by atoms with Crippen LogP contribution in [0.4, 0.5) is 0 Å². The van der Waals surface area contributed by atoms with Crippen molar-refractivity contribution in [2.75, 3.05) is 19.6 Å². The van der Waals surface area contributed by atoms with Gasteiger partial charge in [-0.05, 0) is 31.9 Å². The molecule has 2 atom stereocenters. The van der Waals surface area contributed by atoms with Gasteiger partial charge in [0, 0.05) is 19.1 Å². The molecule has 0 aliphatic carbocycles. The monoisotopic (exact) mass is 234 g/mol. The van der Waals surface area contributed by atoms with Crippen molar-refractivity contribution in [3.63, 3.8) is 0 Å². The number of likely N-dealkylation sites (tertiary alicyclic amines) is 1. The lowest BCUT2D eigenvalue weighted by molar-refractivity contribution is 0.00835. The maximum absolute atomic E-state index is 10.5. The van der Waals surface area contributed by atoms with E-state index in [0.29, 0.717) is 6.54 Å². The van der Waals surface area contributed by atoms with Crippen LogP contribution >= 0.6 is 0 Å². The molecule has 94 valence electrons. The van der Waals surface area contributed by atoms with E-state index in [9.17, 15) is 5.11 Å². The summed E-state index contributed by atoms with van der Waals surface area (Å²) in [7, 11) is 0. The van der Waals surface area contributed by atoms with Gasteiger partial charge in [0.1, 0.15) is 0 Å². The molecule has 0 radical (unpaired) electrons. The van der Waals surface area contributed by atoms with Gasteiger partial charge in [0.2, 0.25) is 0 Å². The molecule has 0 bridgehead atoms. The Bertz CT molecular complexity index is 350. The smallest absolute Gasteiger partial charge is 0.0994 e. The van der Waals surface area contributed by atoms with Gasteiger partial charge in [-0.3, -0.25) is 4.90 Å². The number of hydrogen-bond donors (Lipinski definition) is 2. The average molecular weight is 234 g/mol. The molecule has 17 heavy (non-hydrogen) atoms. The van der Waals surface area contributed by atoms with Crippen LogP contribution in [0.3, 0.4) is 0 Å². The van der Waals surface area contributed by atoms with Crippen LogP contribution in [-0.2, 0) is 5.60 Å².